The van der Waals surface area contributed by atoms with Gasteiger partial charge in [0, 0.05) is 32.2 Å². The van der Waals surface area contributed by atoms with Crippen molar-refractivity contribution in [1.29, 1.82) is 0 Å². The van der Waals surface area contributed by atoms with Crippen molar-refractivity contribution in [3.05, 3.63) is 34.1 Å². The molecular formula is C15H22BrFN2. The van der Waals surface area contributed by atoms with Gasteiger partial charge in [-0.15, -0.1) is 0 Å². The zero-order valence-corrected chi connectivity index (χ0v) is 13.2. The summed E-state index contributed by atoms with van der Waals surface area (Å²) in [5, 5.41) is 3.46. The first-order valence-corrected chi connectivity index (χ1v) is 7.80. The average molecular weight is 329 g/mol. The highest BCUT2D eigenvalue weighted by atomic mass is 79.9. The molecular weight excluding hydrogens is 307 g/mol. The van der Waals surface area contributed by atoms with E-state index in [4.69, 9.17) is 0 Å². The zero-order valence-electron chi connectivity index (χ0n) is 11.6. The predicted octanol–water partition coefficient (Wildman–Crippen LogP) is 3.41. The Kier molecular flexibility index (Phi) is 5.37. The Labute approximate surface area is 123 Å². The van der Waals surface area contributed by atoms with Crippen molar-refractivity contribution >= 4 is 15.9 Å². The summed E-state index contributed by atoms with van der Waals surface area (Å²) in [5.41, 5.74) is 1.04. The molecule has 1 saturated heterocycles. The van der Waals surface area contributed by atoms with Gasteiger partial charge in [-0.25, -0.2) is 4.39 Å². The number of rotatable bonds is 4. The van der Waals surface area contributed by atoms with E-state index in [9.17, 15) is 4.39 Å². The summed E-state index contributed by atoms with van der Waals surface area (Å²) < 4.78 is 14.2. The molecule has 2 rings (SSSR count). The van der Waals surface area contributed by atoms with E-state index in [1.807, 2.05) is 6.07 Å². The van der Waals surface area contributed by atoms with E-state index in [0.29, 0.717) is 16.4 Å². The second-order valence-electron chi connectivity index (χ2n) is 5.34. The van der Waals surface area contributed by atoms with Crippen molar-refractivity contribution in [1.82, 2.24) is 10.2 Å². The standard InChI is InChI=1S/C15H22BrFN2/c1-3-11(2)14-9-18-7-8-19(14)10-12-5-4-6-13(17)15(12)16/h4-6,11,14,18H,3,7-10H2,1-2H3. The van der Waals surface area contributed by atoms with Crippen LogP contribution in [0.2, 0.25) is 0 Å². The smallest absolute Gasteiger partial charge is 0.137 e. The van der Waals surface area contributed by atoms with Gasteiger partial charge in [-0.1, -0.05) is 32.4 Å². The fourth-order valence-electron chi connectivity index (χ4n) is 2.69. The predicted molar refractivity (Wildman–Crippen MR) is 80.6 cm³/mol. The van der Waals surface area contributed by atoms with Gasteiger partial charge in [0.1, 0.15) is 5.82 Å². The molecule has 1 aromatic carbocycles. The highest BCUT2D eigenvalue weighted by molar-refractivity contribution is 9.10. The molecule has 2 nitrogen and oxygen atoms in total. The van der Waals surface area contributed by atoms with Crippen LogP contribution < -0.4 is 5.32 Å². The van der Waals surface area contributed by atoms with Crippen LogP contribution in [-0.2, 0) is 6.54 Å². The van der Waals surface area contributed by atoms with Gasteiger partial charge in [-0.2, -0.15) is 0 Å². The Morgan fingerprint density at radius 2 is 2.32 bits per heavy atom. The molecule has 1 heterocycles. The van der Waals surface area contributed by atoms with Crippen LogP contribution in [0.15, 0.2) is 22.7 Å². The van der Waals surface area contributed by atoms with Crippen LogP contribution in [0.1, 0.15) is 25.8 Å². The third-order valence-electron chi connectivity index (χ3n) is 4.10. The van der Waals surface area contributed by atoms with Crippen LogP contribution in [-0.4, -0.2) is 30.6 Å². The summed E-state index contributed by atoms with van der Waals surface area (Å²) in [7, 11) is 0. The van der Waals surface area contributed by atoms with Crippen LogP contribution in [0.3, 0.4) is 0 Å². The van der Waals surface area contributed by atoms with Gasteiger partial charge in [0.25, 0.3) is 0 Å². The first kappa shape index (κ1) is 14.9. The highest BCUT2D eigenvalue weighted by Gasteiger charge is 2.26. The minimum Gasteiger partial charge on any atom is -0.314 e. The molecule has 0 aliphatic carbocycles. The second kappa shape index (κ2) is 6.82. The molecule has 0 radical (unpaired) electrons. The van der Waals surface area contributed by atoms with Gasteiger partial charge in [-0.05, 0) is 33.5 Å². The molecule has 2 unspecified atom stereocenters. The Hall–Kier alpha value is -0.450. The van der Waals surface area contributed by atoms with Crippen LogP contribution in [0.25, 0.3) is 0 Å². The van der Waals surface area contributed by atoms with Crippen LogP contribution in [0.4, 0.5) is 4.39 Å². The highest BCUT2D eigenvalue weighted by Crippen LogP contribution is 2.25. The van der Waals surface area contributed by atoms with E-state index < -0.39 is 0 Å². The Balaban J connectivity index is 2.13. The lowest BCUT2D eigenvalue weighted by molar-refractivity contribution is 0.108. The van der Waals surface area contributed by atoms with Gasteiger partial charge in [-0.3, -0.25) is 4.90 Å². The normalized spacial score (nSPS) is 22.4. The minimum absolute atomic E-state index is 0.173. The van der Waals surface area contributed by atoms with E-state index in [1.54, 1.807) is 6.07 Å². The lowest BCUT2D eigenvalue weighted by atomic mass is 9.95. The van der Waals surface area contributed by atoms with Crippen LogP contribution in [0.5, 0.6) is 0 Å². The summed E-state index contributed by atoms with van der Waals surface area (Å²) in [4.78, 5) is 2.48. The molecule has 1 aromatic rings. The molecule has 0 bridgehead atoms. The molecule has 1 N–H and O–H groups in total. The number of hydrogen-bond donors (Lipinski definition) is 1. The van der Waals surface area contributed by atoms with Gasteiger partial charge in [0.15, 0.2) is 0 Å². The van der Waals surface area contributed by atoms with Crippen molar-refractivity contribution in [2.75, 3.05) is 19.6 Å². The summed E-state index contributed by atoms with van der Waals surface area (Å²) in [6.45, 7) is 8.41. The maximum absolute atomic E-state index is 13.6. The van der Waals surface area contributed by atoms with E-state index in [2.05, 4.69) is 40.0 Å². The van der Waals surface area contributed by atoms with E-state index in [0.717, 1.165) is 31.7 Å². The number of piperazine rings is 1. The first-order chi connectivity index (χ1) is 9.13. The molecule has 1 fully saturated rings. The minimum atomic E-state index is -0.173. The fraction of sp³-hybridized carbons (Fsp3) is 0.600. The summed E-state index contributed by atoms with van der Waals surface area (Å²) in [5.74, 6) is 0.479. The molecule has 0 spiro atoms. The third-order valence-corrected chi connectivity index (χ3v) is 4.99. The van der Waals surface area contributed by atoms with Crippen molar-refractivity contribution in [3.8, 4) is 0 Å². The van der Waals surface area contributed by atoms with E-state index >= 15 is 0 Å². The Morgan fingerprint density at radius 3 is 3.05 bits per heavy atom. The van der Waals surface area contributed by atoms with E-state index in [1.165, 1.54) is 12.5 Å². The number of nitrogens with one attached hydrogen (secondary N) is 1. The fourth-order valence-corrected chi connectivity index (χ4v) is 3.08. The number of nitrogens with zero attached hydrogens (tertiary/aromatic N) is 1. The van der Waals surface area contributed by atoms with Crippen LogP contribution in [0, 0.1) is 11.7 Å². The van der Waals surface area contributed by atoms with Crippen molar-refractivity contribution in [2.24, 2.45) is 5.92 Å². The Bertz CT molecular complexity index is 425. The van der Waals surface area contributed by atoms with Gasteiger partial charge < -0.3 is 5.32 Å². The quantitative estimate of drug-likeness (QED) is 0.911. The van der Waals surface area contributed by atoms with Crippen LogP contribution >= 0.6 is 15.9 Å². The van der Waals surface area contributed by atoms with Gasteiger partial charge in [0.05, 0.1) is 4.47 Å². The maximum Gasteiger partial charge on any atom is 0.137 e. The van der Waals surface area contributed by atoms with Crippen molar-refractivity contribution in [3.63, 3.8) is 0 Å². The second-order valence-corrected chi connectivity index (χ2v) is 6.13. The van der Waals surface area contributed by atoms with Gasteiger partial charge in [0.2, 0.25) is 0 Å². The lowest BCUT2D eigenvalue weighted by Gasteiger charge is -2.39. The summed E-state index contributed by atoms with van der Waals surface area (Å²) >= 11 is 3.36. The molecule has 0 aromatic heterocycles. The monoisotopic (exact) mass is 328 g/mol. The molecule has 0 saturated carbocycles. The third kappa shape index (κ3) is 3.56. The van der Waals surface area contributed by atoms with Gasteiger partial charge >= 0.3 is 0 Å². The molecule has 1 aliphatic heterocycles. The summed E-state index contributed by atoms with van der Waals surface area (Å²) in [6, 6.07) is 5.82. The van der Waals surface area contributed by atoms with E-state index in [-0.39, 0.29) is 5.82 Å². The number of hydrogen-bond acceptors (Lipinski definition) is 2. The SMILES string of the molecule is CCC(C)C1CNCCN1Cc1cccc(F)c1Br. The zero-order chi connectivity index (χ0) is 13.8. The number of halogens is 2. The molecule has 0 amide bonds. The molecule has 1 aliphatic rings. The molecule has 4 heteroatoms. The lowest BCUT2D eigenvalue weighted by Crippen LogP contribution is -2.53. The topological polar surface area (TPSA) is 15.3 Å². The average Bonchev–Trinajstić information content (AvgIpc) is 2.43. The largest absolute Gasteiger partial charge is 0.314 e. The summed E-state index contributed by atoms with van der Waals surface area (Å²) in [6.07, 6.45) is 1.17. The number of benzene rings is 1. The van der Waals surface area contributed by atoms with Crippen molar-refractivity contribution in [2.45, 2.75) is 32.9 Å². The Morgan fingerprint density at radius 1 is 1.53 bits per heavy atom. The van der Waals surface area contributed by atoms with Crippen molar-refractivity contribution < 1.29 is 4.39 Å². The maximum atomic E-state index is 13.6. The first-order valence-electron chi connectivity index (χ1n) is 7.01. The molecule has 106 valence electrons. The molecule has 2 atom stereocenters. The molecule has 19 heavy (non-hydrogen) atoms.